The molecule has 3 amide bonds. The minimum atomic E-state index is -0.648. The van der Waals surface area contributed by atoms with Crippen molar-refractivity contribution in [2.75, 3.05) is 0 Å². The molecule has 2 fully saturated rings. The Kier molecular flexibility index (Phi) is 3.78. The van der Waals surface area contributed by atoms with Crippen LogP contribution in [0.1, 0.15) is 38.2 Å². The maximum absolute atomic E-state index is 12.7. The Morgan fingerprint density at radius 3 is 2.62 bits per heavy atom. The quantitative estimate of drug-likeness (QED) is 0.830. The molecular formula is C16H19BrN2O2. The largest absolute Gasteiger partial charge is 0.325 e. The lowest BCUT2D eigenvalue weighted by molar-refractivity contribution is -0.133. The lowest BCUT2D eigenvalue weighted by atomic mass is 9.77. The predicted molar refractivity (Wildman–Crippen MR) is 83.6 cm³/mol. The molecule has 0 aromatic heterocycles. The third-order valence-electron chi connectivity index (χ3n) is 4.66. The van der Waals surface area contributed by atoms with E-state index in [-0.39, 0.29) is 11.9 Å². The molecule has 1 spiro atoms. The average Bonchev–Trinajstić information content (AvgIpc) is 2.69. The Morgan fingerprint density at radius 2 is 1.95 bits per heavy atom. The Balaban J connectivity index is 1.80. The molecule has 21 heavy (non-hydrogen) atoms. The molecule has 1 N–H and O–H groups in total. The Bertz CT molecular complexity index is 579. The van der Waals surface area contributed by atoms with E-state index in [0.29, 0.717) is 12.5 Å². The van der Waals surface area contributed by atoms with Gasteiger partial charge in [-0.05, 0) is 43.2 Å². The molecule has 4 nitrogen and oxygen atoms in total. The fourth-order valence-electron chi connectivity index (χ4n) is 3.21. The van der Waals surface area contributed by atoms with Crippen LogP contribution in [0.25, 0.3) is 0 Å². The third kappa shape index (κ3) is 2.59. The van der Waals surface area contributed by atoms with E-state index in [9.17, 15) is 9.59 Å². The summed E-state index contributed by atoms with van der Waals surface area (Å²) < 4.78 is 0.920. The summed E-state index contributed by atoms with van der Waals surface area (Å²) in [6.45, 7) is 2.52. The summed E-state index contributed by atoms with van der Waals surface area (Å²) in [5.74, 6) is 0.577. The molecule has 0 radical (unpaired) electrons. The SMILES string of the molecule is CC1CCC2(CC1)NC(=O)N(Cc1ccccc1Br)C2=O. The van der Waals surface area contributed by atoms with Gasteiger partial charge in [0.15, 0.2) is 0 Å². The zero-order valence-electron chi connectivity index (χ0n) is 12.1. The number of nitrogens with one attached hydrogen (secondary N) is 1. The highest BCUT2D eigenvalue weighted by atomic mass is 79.9. The zero-order valence-corrected chi connectivity index (χ0v) is 13.6. The molecule has 1 saturated heterocycles. The molecule has 3 rings (SSSR count). The molecule has 1 aliphatic heterocycles. The highest BCUT2D eigenvalue weighted by molar-refractivity contribution is 9.10. The third-order valence-corrected chi connectivity index (χ3v) is 5.43. The second-order valence-corrected chi connectivity index (χ2v) is 7.03. The van der Waals surface area contributed by atoms with Crippen molar-refractivity contribution in [1.82, 2.24) is 10.2 Å². The second kappa shape index (κ2) is 5.44. The van der Waals surface area contributed by atoms with Crippen LogP contribution in [-0.4, -0.2) is 22.4 Å². The molecule has 1 saturated carbocycles. The van der Waals surface area contributed by atoms with Crippen LogP contribution in [0.5, 0.6) is 0 Å². The van der Waals surface area contributed by atoms with Gasteiger partial charge in [-0.1, -0.05) is 41.1 Å². The number of carbonyl (C=O) groups is 2. The number of benzene rings is 1. The van der Waals surface area contributed by atoms with Crippen LogP contribution in [0.15, 0.2) is 28.7 Å². The lowest BCUT2D eigenvalue weighted by Crippen LogP contribution is -2.49. The van der Waals surface area contributed by atoms with Crippen LogP contribution in [0.2, 0.25) is 0 Å². The molecule has 1 aromatic carbocycles. The van der Waals surface area contributed by atoms with Crippen molar-refractivity contribution in [3.63, 3.8) is 0 Å². The van der Waals surface area contributed by atoms with Crippen LogP contribution in [0.4, 0.5) is 4.79 Å². The Labute approximate surface area is 133 Å². The van der Waals surface area contributed by atoms with Gasteiger partial charge in [0.2, 0.25) is 0 Å². The molecule has 0 unspecified atom stereocenters. The molecule has 2 aliphatic rings. The fraction of sp³-hybridized carbons (Fsp3) is 0.500. The van der Waals surface area contributed by atoms with Gasteiger partial charge in [0.25, 0.3) is 5.91 Å². The molecule has 1 heterocycles. The van der Waals surface area contributed by atoms with Crippen molar-refractivity contribution in [3.8, 4) is 0 Å². The number of urea groups is 1. The van der Waals surface area contributed by atoms with Crippen molar-refractivity contribution < 1.29 is 9.59 Å². The van der Waals surface area contributed by atoms with Gasteiger partial charge in [0.1, 0.15) is 5.54 Å². The van der Waals surface area contributed by atoms with Crippen molar-refractivity contribution in [2.24, 2.45) is 5.92 Å². The summed E-state index contributed by atoms with van der Waals surface area (Å²) in [6, 6.07) is 7.43. The molecular weight excluding hydrogens is 332 g/mol. The molecule has 5 heteroatoms. The molecule has 0 bridgehead atoms. The van der Waals surface area contributed by atoms with Gasteiger partial charge in [-0.15, -0.1) is 0 Å². The number of nitrogens with zero attached hydrogens (tertiary/aromatic N) is 1. The van der Waals surface area contributed by atoms with Gasteiger partial charge >= 0.3 is 6.03 Å². The monoisotopic (exact) mass is 350 g/mol. The average molecular weight is 351 g/mol. The number of hydrogen-bond donors (Lipinski definition) is 1. The van der Waals surface area contributed by atoms with E-state index in [1.165, 1.54) is 4.90 Å². The summed E-state index contributed by atoms with van der Waals surface area (Å²) in [7, 11) is 0. The number of carbonyl (C=O) groups excluding carboxylic acids is 2. The van der Waals surface area contributed by atoms with E-state index in [1.807, 2.05) is 24.3 Å². The number of amides is 3. The summed E-state index contributed by atoms with van der Waals surface area (Å²) in [4.78, 5) is 26.3. The van der Waals surface area contributed by atoms with Gasteiger partial charge in [-0.25, -0.2) is 4.79 Å². The van der Waals surface area contributed by atoms with Crippen molar-refractivity contribution >= 4 is 27.9 Å². The minimum Gasteiger partial charge on any atom is -0.323 e. The van der Waals surface area contributed by atoms with Crippen LogP contribution in [0, 0.1) is 5.92 Å². The van der Waals surface area contributed by atoms with Crippen molar-refractivity contribution in [2.45, 2.75) is 44.7 Å². The van der Waals surface area contributed by atoms with Gasteiger partial charge in [-0.2, -0.15) is 0 Å². The fourth-order valence-corrected chi connectivity index (χ4v) is 3.62. The van der Waals surface area contributed by atoms with E-state index >= 15 is 0 Å². The normalized spacial score (nSPS) is 29.0. The zero-order chi connectivity index (χ0) is 15.0. The van der Waals surface area contributed by atoms with Crippen LogP contribution in [0.3, 0.4) is 0 Å². The first kappa shape index (κ1) is 14.6. The number of halogens is 1. The van der Waals surface area contributed by atoms with Gasteiger partial charge in [0.05, 0.1) is 6.54 Å². The summed E-state index contributed by atoms with van der Waals surface area (Å²) in [5, 5.41) is 2.95. The van der Waals surface area contributed by atoms with Gasteiger partial charge < -0.3 is 5.32 Å². The van der Waals surface area contributed by atoms with Crippen LogP contribution in [-0.2, 0) is 11.3 Å². The van der Waals surface area contributed by atoms with E-state index in [0.717, 1.165) is 35.7 Å². The van der Waals surface area contributed by atoms with E-state index < -0.39 is 5.54 Å². The maximum Gasteiger partial charge on any atom is 0.325 e. The Morgan fingerprint density at radius 1 is 1.29 bits per heavy atom. The number of hydrogen-bond acceptors (Lipinski definition) is 2. The second-order valence-electron chi connectivity index (χ2n) is 6.18. The summed E-state index contributed by atoms with van der Waals surface area (Å²) in [5.41, 5.74) is 0.299. The number of imide groups is 1. The van der Waals surface area contributed by atoms with Crippen LogP contribution >= 0.6 is 15.9 Å². The first-order valence-corrected chi connectivity index (χ1v) is 8.19. The van der Waals surface area contributed by atoms with Crippen molar-refractivity contribution in [3.05, 3.63) is 34.3 Å². The highest BCUT2D eigenvalue weighted by Crippen LogP contribution is 2.37. The molecule has 112 valence electrons. The van der Waals surface area contributed by atoms with Gasteiger partial charge in [0, 0.05) is 4.47 Å². The smallest absolute Gasteiger partial charge is 0.323 e. The van der Waals surface area contributed by atoms with E-state index in [4.69, 9.17) is 0 Å². The van der Waals surface area contributed by atoms with E-state index in [2.05, 4.69) is 28.2 Å². The van der Waals surface area contributed by atoms with Crippen LogP contribution < -0.4 is 5.32 Å². The topological polar surface area (TPSA) is 49.4 Å². The molecule has 1 aliphatic carbocycles. The summed E-state index contributed by atoms with van der Waals surface area (Å²) in [6.07, 6.45) is 3.50. The molecule has 0 atom stereocenters. The molecule has 1 aromatic rings. The minimum absolute atomic E-state index is 0.0600. The highest BCUT2D eigenvalue weighted by Gasteiger charge is 2.51. The summed E-state index contributed by atoms with van der Waals surface area (Å²) >= 11 is 3.47. The standard InChI is InChI=1S/C16H19BrN2O2/c1-11-6-8-16(9-7-11)14(20)19(15(21)18-16)10-12-4-2-3-5-13(12)17/h2-5,11H,6-10H2,1H3,(H,18,21). The number of rotatable bonds is 2. The maximum atomic E-state index is 12.7. The lowest BCUT2D eigenvalue weighted by Gasteiger charge is -2.33. The first-order valence-electron chi connectivity index (χ1n) is 7.39. The van der Waals surface area contributed by atoms with Crippen molar-refractivity contribution in [1.29, 1.82) is 0 Å². The van der Waals surface area contributed by atoms with Gasteiger partial charge in [-0.3, -0.25) is 9.69 Å². The first-order chi connectivity index (χ1) is 10.0. The predicted octanol–water partition coefficient (Wildman–Crippen LogP) is 3.45. The Hall–Kier alpha value is -1.36. The van der Waals surface area contributed by atoms with E-state index in [1.54, 1.807) is 0 Å².